The highest BCUT2D eigenvalue weighted by atomic mass is 16.6. The van der Waals surface area contributed by atoms with Gasteiger partial charge in [-0.05, 0) is 32.6 Å². The third kappa shape index (κ3) is 3.10. The fourth-order valence-electron chi connectivity index (χ4n) is 2.40. The number of hydrogen-bond donors (Lipinski definition) is 1. The van der Waals surface area contributed by atoms with E-state index in [1.54, 1.807) is 4.90 Å². The molecule has 2 fully saturated rings. The summed E-state index contributed by atoms with van der Waals surface area (Å²) in [5.41, 5.74) is 0. The van der Waals surface area contributed by atoms with Gasteiger partial charge in [0.25, 0.3) is 0 Å². The summed E-state index contributed by atoms with van der Waals surface area (Å²) in [6, 6.07) is 0.0201. The Kier molecular flexibility index (Phi) is 4.23. The molecule has 5 heteroatoms. The largest absolute Gasteiger partial charge is 0.446 e. The van der Waals surface area contributed by atoms with Gasteiger partial charge in [-0.3, -0.25) is 0 Å². The molecule has 1 amide bonds. The van der Waals surface area contributed by atoms with E-state index in [4.69, 9.17) is 14.6 Å². The number of hydrogen-bond acceptors (Lipinski definition) is 4. The molecular weight excluding hydrogens is 222 g/mol. The molecule has 1 N–H and O–H groups in total. The fourth-order valence-corrected chi connectivity index (χ4v) is 2.40. The van der Waals surface area contributed by atoms with Crippen LogP contribution in [-0.4, -0.2) is 54.1 Å². The predicted molar refractivity (Wildman–Crippen MR) is 61.7 cm³/mol. The third-order valence-corrected chi connectivity index (χ3v) is 3.51. The first-order chi connectivity index (χ1) is 8.20. The highest BCUT2D eigenvalue weighted by Crippen LogP contribution is 2.23. The van der Waals surface area contributed by atoms with E-state index >= 15 is 0 Å². The van der Waals surface area contributed by atoms with Crippen LogP contribution in [0.15, 0.2) is 0 Å². The molecule has 2 atom stereocenters. The SMILES string of the molecule is CC1COC(CO)CN1C(=O)OC1CCCC1. The molecule has 98 valence electrons. The van der Waals surface area contributed by atoms with Gasteiger partial charge in [-0.15, -0.1) is 0 Å². The molecule has 0 aromatic rings. The maximum Gasteiger partial charge on any atom is 0.410 e. The summed E-state index contributed by atoms with van der Waals surface area (Å²) in [6.45, 7) is 2.76. The molecular formula is C12H21NO4. The number of aliphatic hydroxyl groups is 1. The molecule has 0 spiro atoms. The maximum atomic E-state index is 12.0. The van der Waals surface area contributed by atoms with Gasteiger partial charge in [-0.25, -0.2) is 4.79 Å². The fraction of sp³-hybridized carbons (Fsp3) is 0.917. The zero-order chi connectivity index (χ0) is 12.3. The van der Waals surface area contributed by atoms with E-state index in [-0.39, 0.29) is 30.9 Å². The van der Waals surface area contributed by atoms with Crippen LogP contribution >= 0.6 is 0 Å². The molecule has 0 aromatic heterocycles. The Morgan fingerprint density at radius 3 is 2.82 bits per heavy atom. The van der Waals surface area contributed by atoms with E-state index in [1.807, 2.05) is 6.92 Å². The van der Waals surface area contributed by atoms with Gasteiger partial charge in [0.2, 0.25) is 0 Å². The highest BCUT2D eigenvalue weighted by molar-refractivity contribution is 5.68. The van der Waals surface area contributed by atoms with Gasteiger partial charge in [0, 0.05) is 0 Å². The summed E-state index contributed by atoms with van der Waals surface area (Å²) < 4.78 is 10.9. The quantitative estimate of drug-likeness (QED) is 0.790. The van der Waals surface area contributed by atoms with E-state index in [1.165, 1.54) is 0 Å². The Labute approximate surface area is 102 Å². The van der Waals surface area contributed by atoms with Gasteiger partial charge in [0.05, 0.1) is 31.9 Å². The summed E-state index contributed by atoms with van der Waals surface area (Å²) in [5.74, 6) is 0. The lowest BCUT2D eigenvalue weighted by Gasteiger charge is -2.37. The van der Waals surface area contributed by atoms with Gasteiger partial charge < -0.3 is 19.5 Å². The van der Waals surface area contributed by atoms with Crippen LogP contribution in [-0.2, 0) is 9.47 Å². The first-order valence-electron chi connectivity index (χ1n) is 6.40. The molecule has 0 aromatic carbocycles. The maximum absolute atomic E-state index is 12.0. The second-order valence-electron chi connectivity index (χ2n) is 4.93. The second-order valence-corrected chi connectivity index (χ2v) is 4.93. The van der Waals surface area contributed by atoms with Crippen molar-refractivity contribution in [2.24, 2.45) is 0 Å². The lowest BCUT2D eigenvalue weighted by Crippen LogP contribution is -2.52. The summed E-state index contributed by atoms with van der Waals surface area (Å²) in [6.07, 6.45) is 3.81. The summed E-state index contributed by atoms with van der Waals surface area (Å²) in [4.78, 5) is 13.7. The van der Waals surface area contributed by atoms with Crippen LogP contribution in [0, 0.1) is 0 Å². The number of rotatable bonds is 2. The molecule has 2 rings (SSSR count). The zero-order valence-electron chi connectivity index (χ0n) is 10.3. The molecule has 0 radical (unpaired) electrons. The topological polar surface area (TPSA) is 59.0 Å². The van der Waals surface area contributed by atoms with E-state index in [2.05, 4.69) is 0 Å². The van der Waals surface area contributed by atoms with Crippen LogP contribution in [0.3, 0.4) is 0 Å². The Hall–Kier alpha value is -0.810. The van der Waals surface area contributed by atoms with Crippen LogP contribution < -0.4 is 0 Å². The Morgan fingerprint density at radius 2 is 2.18 bits per heavy atom. The van der Waals surface area contributed by atoms with Crippen LogP contribution in [0.4, 0.5) is 4.79 Å². The molecule has 1 heterocycles. The molecule has 2 unspecified atom stereocenters. The second kappa shape index (κ2) is 5.69. The first kappa shape index (κ1) is 12.6. The minimum atomic E-state index is -0.276. The number of aliphatic hydroxyl groups excluding tert-OH is 1. The Balaban J connectivity index is 1.87. The third-order valence-electron chi connectivity index (χ3n) is 3.51. The molecule has 1 saturated heterocycles. The molecule has 1 aliphatic heterocycles. The van der Waals surface area contributed by atoms with Gasteiger partial charge >= 0.3 is 6.09 Å². The summed E-state index contributed by atoms with van der Waals surface area (Å²) in [5, 5.41) is 9.06. The van der Waals surface area contributed by atoms with Crippen molar-refractivity contribution in [1.29, 1.82) is 0 Å². The molecule has 17 heavy (non-hydrogen) atoms. The minimum Gasteiger partial charge on any atom is -0.446 e. The number of nitrogens with zero attached hydrogens (tertiary/aromatic N) is 1. The predicted octanol–water partition coefficient (Wildman–Crippen LogP) is 1.15. The van der Waals surface area contributed by atoms with Crippen LogP contribution in [0.25, 0.3) is 0 Å². The molecule has 2 aliphatic rings. The van der Waals surface area contributed by atoms with Gasteiger partial charge in [-0.1, -0.05) is 0 Å². The van der Waals surface area contributed by atoms with Crippen molar-refractivity contribution in [3.63, 3.8) is 0 Å². The molecule has 0 bridgehead atoms. The normalized spacial score (nSPS) is 30.6. The number of ether oxygens (including phenoxy) is 2. The van der Waals surface area contributed by atoms with Crippen molar-refractivity contribution in [2.45, 2.75) is 50.9 Å². The van der Waals surface area contributed by atoms with Gasteiger partial charge in [-0.2, -0.15) is 0 Å². The van der Waals surface area contributed by atoms with Crippen molar-refractivity contribution in [1.82, 2.24) is 4.90 Å². The zero-order valence-corrected chi connectivity index (χ0v) is 10.3. The van der Waals surface area contributed by atoms with Crippen molar-refractivity contribution in [2.75, 3.05) is 19.8 Å². The van der Waals surface area contributed by atoms with Crippen LogP contribution in [0.5, 0.6) is 0 Å². The standard InChI is InChI=1S/C12H21NO4/c1-9-8-16-11(7-14)6-13(9)12(15)17-10-4-2-3-5-10/h9-11,14H,2-8H2,1H3. The lowest BCUT2D eigenvalue weighted by molar-refractivity contribution is -0.0756. The highest BCUT2D eigenvalue weighted by Gasteiger charge is 2.32. The van der Waals surface area contributed by atoms with Crippen molar-refractivity contribution >= 4 is 6.09 Å². The minimum absolute atomic E-state index is 0.0201. The average Bonchev–Trinajstić information content (AvgIpc) is 2.82. The summed E-state index contributed by atoms with van der Waals surface area (Å²) in [7, 11) is 0. The molecule has 5 nitrogen and oxygen atoms in total. The molecule has 1 saturated carbocycles. The monoisotopic (exact) mass is 243 g/mol. The Morgan fingerprint density at radius 1 is 1.47 bits per heavy atom. The number of amides is 1. The van der Waals surface area contributed by atoms with Crippen molar-refractivity contribution in [3.8, 4) is 0 Å². The Bertz CT molecular complexity index is 265. The van der Waals surface area contributed by atoms with E-state index < -0.39 is 0 Å². The van der Waals surface area contributed by atoms with E-state index in [0.717, 1.165) is 25.7 Å². The number of carbonyl (C=O) groups excluding carboxylic acids is 1. The van der Waals surface area contributed by atoms with E-state index in [0.29, 0.717) is 13.2 Å². The van der Waals surface area contributed by atoms with Crippen molar-refractivity contribution in [3.05, 3.63) is 0 Å². The lowest BCUT2D eigenvalue weighted by atomic mass is 10.2. The van der Waals surface area contributed by atoms with Crippen LogP contribution in [0.2, 0.25) is 0 Å². The first-order valence-corrected chi connectivity index (χ1v) is 6.40. The summed E-state index contributed by atoms with van der Waals surface area (Å²) >= 11 is 0. The molecule has 1 aliphatic carbocycles. The van der Waals surface area contributed by atoms with Gasteiger partial charge in [0.15, 0.2) is 0 Å². The average molecular weight is 243 g/mol. The van der Waals surface area contributed by atoms with E-state index in [9.17, 15) is 4.79 Å². The number of morpholine rings is 1. The van der Waals surface area contributed by atoms with Crippen molar-refractivity contribution < 1.29 is 19.4 Å². The number of carbonyl (C=O) groups is 1. The van der Waals surface area contributed by atoms with Crippen LogP contribution in [0.1, 0.15) is 32.6 Å². The van der Waals surface area contributed by atoms with Gasteiger partial charge in [0.1, 0.15) is 6.10 Å². The smallest absolute Gasteiger partial charge is 0.410 e.